The normalized spacial score (nSPS) is 18.0. The summed E-state index contributed by atoms with van der Waals surface area (Å²) in [6.45, 7) is 4.11. The molecule has 0 aliphatic carbocycles. The number of sulfonamides is 1. The molecule has 1 unspecified atom stereocenters. The molecule has 0 amide bonds. The molecule has 2 aromatic rings. The van der Waals surface area contributed by atoms with Gasteiger partial charge < -0.3 is 4.84 Å². The quantitative estimate of drug-likeness (QED) is 0.750. The van der Waals surface area contributed by atoms with Crippen LogP contribution in [0.4, 0.5) is 0 Å². The van der Waals surface area contributed by atoms with E-state index in [4.69, 9.17) is 4.84 Å². The van der Waals surface area contributed by atoms with Crippen LogP contribution in [-0.4, -0.2) is 12.9 Å². The molecule has 1 aliphatic rings. The maximum atomic E-state index is 13.1. The van der Waals surface area contributed by atoms with E-state index in [1.165, 1.54) is 0 Å². The number of unbranched alkanes of at least 4 members (excludes halogenated alkanes) is 1. The second-order valence-corrected chi connectivity index (χ2v) is 8.04. The van der Waals surface area contributed by atoms with E-state index in [0.29, 0.717) is 5.76 Å². The van der Waals surface area contributed by atoms with Crippen LogP contribution in [0, 0.1) is 6.92 Å². The molecule has 0 fully saturated rings. The molecule has 3 rings (SSSR count). The van der Waals surface area contributed by atoms with Gasteiger partial charge in [-0.05, 0) is 41.6 Å². The monoisotopic (exact) mass is 357 g/mol. The zero-order valence-corrected chi connectivity index (χ0v) is 15.4. The molecule has 132 valence electrons. The second-order valence-electron chi connectivity index (χ2n) is 6.26. The third kappa shape index (κ3) is 3.78. The Morgan fingerprint density at radius 1 is 1.04 bits per heavy atom. The molecule has 0 bridgehead atoms. The van der Waals surface area contributed by atoms with Gasteiger partial charge in [-0.25, -0.2) is 8.42 Å². The highest BCUT2D eigenvalue weighted by Crippen LogP contribution is 2.37. The molecule has 0 radical (unpaired) electrons. The van der Waals surface area contributed by atoms with E-state index in [0.717, 1.165) is 34.9 Å². The van der Waals surface area contributed by atoms with Crippen LogP contribution in [-0.2, 0) is 14.9 Å². The van der Waals surface area contributed by atoms with Gasteiger partial charge in [0.05, 0.1) is 4.90 Å². The molecule has 4 nitrogen and oxygen atoms in total. The zero-order valence-electron chi connectivity index (χ0n) is 14.6. The number of hydroxylamine groups is 1. The lowest BCUT2D eigenvalue weighted by Crippen LogP contribution is -2.30. The lowest BCUT2D eigenvalue weighted by Gasteiger charge is -2.23. The van der Waals surface area contributed by atoms with E-state index >= 15 is 0 Å². The number of rotatable bonds is 6. The Labute approximate surface area is 149 Å². The van der Waals surface area contributed by atoms with Crippen molar-refractivity contribution in [1.29, 1.82) is 0 Å². The first kappa shape index (κ1) is 17.7. The van der Waals surface area contributed by atoms with Crippen LogP contribution in [0.25, 0.3) is 0 Å². The molecule has 5 heteroatoms. The van der Waals surface area contributed by atoms with Gasteiger partial charge >= 0.3 is 0 Å². The third-order valence-corrected chi connectivity index (χ3v) is 5.90. The van der Waals surface area contributed by atoms with Gasteiger partial charge in [-0.15, -0.1) is 0 Å². The molecular weight excluding hydrogens is 334 g/mol. The first-order chi connectivity index (χ1) is 12.0. The highest BCUT2D eigenvalue weighted by atomic mass is 32.2. The fraction of sp³-hybridized carbons (Fsp3) is 0.300. The van der Waals surface area contributed by atoms with Gasteiger partial charge in [0.1, 0.15) is 11.8 Å². The second kappa shape index (κ2) is 7.42. The largest absolute Gasteiger partial charge is 0.395 e. The summed E-state index contributed by atoms with van der Waals surface area (Å²) in [4.78, 5) is 6.02. The molecule has 25 heavy (non-hydrogen) atoms. The van der Waals surface area contributed by atoms with E-state index in [-0.39, 0.29) is 4.90 Å². The van der Waals surface area contributed by atoms with Crippen molar-refractivity contribution in [3.63, 3.8) is 0 Å². The van der Waals surface area contributed by atoms with Gasteiger partial charge in [0.2, 0.25) is 0 Å². The van der Waals surface area contributed by atoms with Crippen LogP contribution in [0.2, 0.25) is 0 Å². The van der Waals surface area contributed by atoms with Crippen molar-refractivity contribution in [1.82, 2.24) is 4.47 Å². The summed E-state index contributed by atoms with van der Waals surface area (Å²) in [7, 11) is -3.75. The van der Waals surface area contributed by atoms with Gasteiger partial charge in [-0.1, -0.05) is 61.4 Å². The highest BCUT2D eigenvalue weighted by molar-refractivity contribution is 7.89. The first-order valence-electron chi connectivity index (χ1n) is 8.57. The maximum Gasteiger partial charge on any atom is 0.274 e. The number of aryl methyl sites for hydroxylation is 1. The van der Waals surface area contributed by atoms with Crippen LogP contribution in [0.3, 0.4) is 0 Å². The van der Waals surface area contributed by atoms with E-state index in [2.05, 4.69) is 6.92 Å². The molecule has 1 heterocycles. The zero-order chi connectivity index (χ0) is 17.9. The predicted molar refractivity (Wildman–Crippen MR) is 98.1 cm³/mol. The third-order valence-electron chi connectivity index (χ3n) is 4.25. The number of allylic oxidation sites excluding steroid dienone is 1. The van der Waals surface area contributed by atoms with Gasteiger partial charge in [0.15, 0.2) is 0 Å². The molecule has 0 aromatic heterocycles. The minimum absolute atomic E-state index is 0.234. The summed E-state index contributed by atoms with van der Waals surface area (Å²) in [5, 5.41) is 0. The molecule has 0 N–H and O–H groups in total. The van der Waals surface area contributed by atoms with Crippen molar-refractivity contribution in [3.8, 4) is 0 Å². The Morgan fingerprint density at radius 2 is 1.72 bits per heavy atom. The first-order valence-corrected chi connectivity index (χ1v) is 10.0. The average molecular weight is 357 g/mol. The summed E-state index contributed by atoms with van der Waals surface area (Å²) >= 11 is 0. The van der Waals surface area contributed by atoms with Crippen LogP contribution >= 0.6 is 0 Å². The van der Waals surface area contributed by atoms with E-state index in [9.17, 15) is 8.42 Å². The van der Waals surface area contributed by atoms with E-state index < -0.39 is 16.1 Å². The van der Waals surface area contributed by atoms with Gasteiger partial charge in [-0.3, -0.25) is 0 Å². The minimum atomic E-state index is -3.75. The van der Waals surface area contributed by atoms with Crippen molar-refractivity contribution in [2.45, 2.75) is 44.0 Å². The fourth-order valence-electron chi connectivity index (χ4n) is 2.80. The number of benzene rings is 2. The Balaban J connectivity index is 1.97. The molecule has 1 aliphatic heterocycles. The summed E-state index contributed by atoms with van der Waals surface area (Å²) in [5.41, 5.74) is 2.03. The average Bonchev–Trinajstić information content (AvgIpc) is 3.06. The van der Waals surface area contributed by atoms with Crippen molar-refractivity contribution < 1.29 is 13.3 Å². The summed E-state index contributed by atoms with van der Waals surface area (Å²) < 4.78 is 27.3. The molecular formula is C20H23NO3S. The van der Waals surface area contributed by atoms with Gasteiger partial charge in [-0.2, -0.15) is 0 Å². The summed E-state index contributed by atoms with van der Waals surface area (Å²) in [6.07, 6.45) is 4.65. The summed E-state index contributed by atoms with van der Waals surface area (Å²) in [6, 6.07) is 15.9. The lowest BCUT2D eigenvalue weighted by molar-refractivity contribution is -0.0355. The van der Waals surface area contributed by atoms with Crippen molar-refractivity contribution in [2.75, 3.05) is 0 Å². The molecule has 0 saturated heterocycles. The van der Waals surface area contributed by atoms with Crippen LogP contribution in [0.5, 0.6) is 0 Å². The lowest BCUT2D eigenvalue weighted by atomic mass is 10.0. The van der Waals surface area contributed by atoms with Crippen molar-refractivity contribution in [3.05, 3.63) is 77.6 Å². The van der Waals surface area contributed by atoms with Gasteiger partial charge in [0.25, 0.3) is 10.0 Å². The molecule has 0 spiro atoms. The topological polar surface area (TPSA) is 46.6 Å². The van der Waals surface area contributed by atoms with E-state index in [1.807, 2.05) is 37.3 Å². The van der Waals surface area contributed by atoms with E-state index in [1.54, 1.807) is 30.3 Å². The molecule has 2 aromatic carbocycles. The Morgan fingerprint density at radius 3 is 2.36 bits per heavy atom. The van der Waals surface area contributed by atoms with Crippen LogP contribution in [0.1, 0.15) is 43.4 Å². The Hall–Kier alpha value is -2.11. The Bertz CT molecular complexity index is 842. The minimum Gasteiger partial charge on any atom is -0.395 e. The van der Waals surface area contributed by atoms with Crippen molar-refractivity contribution in [2.24, 2.45) is 0 Å². The van der Waals surface area contributed by atoms with Crippen LogP contribution < -0.4 is 0 Å². The Kier molecular flexibility index (Phi) is 5.25. The van der Waals surface area contributed by atoms with Gasteiger partial charge in [0, 0.05) is 6.42 Å². The standard InChI is InChI=1S/C20H23NO3S/c1-3-4-8-18-15-20(17-13-11-16(2)12-14-17)21(24-18)25(22,23)19-9-6-5-7-10-19/h5-7,9-15,20H,3-4,8H2,1-2H3. The number of hydrogen-bond donors (Lipinski definition) is 0. The maximum absolute atomic E-state index is 13.1. The number of hydrogen-bond acceptors (Lipinski definition) is 3. The smallest absolute Gasteiger partial charge is 0.274 e. The highest BCUT2D eigenvalue weighted by Gasteiger charge is 2.38. The van der Waals surface area contributed by atoms with Crippen molar-refractivity contribution >= 4 is 10.0 Å². The number of nitrogens with zero attached hydrogens (tertiary/aromatic N) is 1. The van der Waals surface area contributed by atoms with Crippen LogP contribution in [0.15, 0.2) is 71.3 Å². The fourth-order valence-corrected chi connectivity index (χ4v) is 4.18. The molecule has 1 atom stereocenters. The predicted octanol–water partition coefficient (Wildman–Crippen LogP) is 4.75. The summed E-state index contributed by atoms with van der Waals surface area (Å²) in [5.74, 6) is 0.715. The molecule has 0 saturated carbocycles. The SMILES string of the molecule is CCCCC1=CC(c2ccc(C)cc2)N(S(=O)(=O)c2ccccc2)O1.